The van der Waals surface area contributed by atoms with Crippen molar-refractivity contribution < 1.29 is 26.4 Å². The van der Waals surface area contributed by atoms with Crippen molar-refractivity contribution in [1.82, 2.24) is 28.8 Å². The first-order chi connectivity index (χ1) is 21.0. The maximum absolute atomic E-state index is 15.3. The van der Waals surface area contributed by atoms with Crippen molar-refractivity contribution in [3.63, 3.8) is 0 Å². The molecule has 44 heavy (non-hydrogen) atoms. The second-order valence-electron chi connectivity index (χ2n) is 10.9. The fourth-order valence-electron chi connectivity index (χ4n) is 5.44. The first kappa shape index (κ1) is 29.4. The van der Waals surface area contributed by atoms with E-state index in [1.54, 1.807) is 29.9 Å². The predicted molar refractivity (Wildman–Crippen MR) is 157 cm³/mol. The Balaban J connectivity index is 1.32. The molecular formula is C30H28F3N7O3S. The lowest BCUT2D eigenvalue weighted by molar-refractivity contribution is 0.0921. The molecule has 1 fully saturated rings. The van der Waals surface area contributed by atoms with Gasteiger partial charge in [-0.2, -0.15) is 0 Å². The number of carbonyl (C=O) groups is 1. The molecule has 0 aliphatic heterocycles. The summed E-state index contributed by atoms with van der Waals surface area (Å²) in [7, 11) is -2.46. The number of hydrogen-bond donors (Lipinski definition) is 2. The maximum atomic E-state index is 15.3. The number of hydrogen-bond acceptors (Lipinski definition) is 7. The average Bonchev–Trinajstić information content (AvgIpc) is 3.59. The Morgan fingerprint density at radius 2 is 1.75 bits per heavy atom. The molecule has 1 aliphatic rings. The Bertz CT molecular complexity index is 1990. The summed E-state index contributed by atoms with van der Waals surface area (Å²) in [5.41, 5.74) is 0.542. The van der Waals surface area contributed by atoms with E-state index in [1.165, 1.54) is 18.5 Å². The van der Waals surface area contributed by atoms with Gasteiger partial charge in [0.2, 0.25) is 0 Å². The number of rotatable bonds is 7. The van der Waals surface area contributed by atoms with E-state index in [0.717, 1.165) is 40.8 Å². The van der Waals surface area contributed by atoms with Gasteiger partial charge in [-0.15, -0.1) is 0 Å². The van der Waals surface area contributed by atoms with E-state index >= 15 is 8.78 Å². The molecule has 6 rings (SSSR count). The fraction of sp³-hybridized carbons (Fsp3) is 0.267. The number of anilines is 1. The Kier molecular flexibility index (Phi) is 7.61. The van der Waals surface area contributed by atoms with Gasteiger partial charge in [-0.25, -0.2) is 40.5 Å². The largest absolute Gasteiger partial charge is 0.365 e. The molecule has 14 heteroatoms. The molecule has 10 nitrogen and oxygen atoms in total. The van der Waals surface area contributed by atoms with Crippen LogP contribution in [-0.2, 0) is 17.1 Å². The highest BCUT2D eigenvalue weighted by Gasteiger charge is 2.28. The zero-order valence-corrected chi connectivity index (χ0v) is 24.6. The first-order valence-corrected chi connectivity index (χ1v) is 15.3. The SMILES string of the molecule is Cc1ccc(S(=O)(=O)n2cc(-c3nc(N[C@H]4CCC[C@@H](NC(=O)c5cn(C)cn5)C4)c(F)cc3F)c3cc(F)cnc32)cc1. The molecule has 5 aromatic rings. The average molecular weight is 624 g/mol. The molecule has 0 bridgehead atoms. The third kappa shape index (κ3) is 5.64. The van der Waals surface area contributed by atoms with Crippen LogP contribution in [0.2, 0.25) is 0 Å². The number of imidazole rings is 1. The van der Waals surface area contributed by atoms with E-state index in [4.69, 9.17) is 0 Å². The number of amides is 1. The van der Waals surface area contributed by atoms with Crippen LogP contribution >= 0.6 is 0 Å². The number of aryl methyl sites for hydroxylation is 2. The van der Waals surface area contributed by atoms with Crippen molar-refractivity contribution in [3.05, 3.63) is 90.0 Å². The quantitative estimate of drug-likeness (QED) is 0.263. The van der Waals surface area contributed by atoms with Crippen LogP contribution in [0.5, 0.6) is 0 Å². The van der Waals surface area contributed by atoms with Gasteiger partial charge in [-0.05, 0) is 50.8 Å². The second-order valence-corrected chi connectivity index (χ2v) is 12.7. The molecule has 1 aromatic carbocycles. The Morgan fingerprint density at radius 1 is 1.00 bits per heavy atom. The monoisotopic (exact) mass is 623 g/mol. The van der Waals surface area contributed by atoms with Gasteiger partial charge in [-0.1, -0.05) is 17.7 Å². The summed E-state index contributed by atoms with van der Waals surface area (Å²) in [5.74, 6) is -3.36. The second kappa shape index (κ2) is 11.4. The van der Waals surface area contributed by atoms with Gasteiger partial charge in [-0.3, -0.25) is 4.79 Å². The molecule has 4 heterocycles. The minimum atomic E-state index is -4.22. The topological polar surface area (TPSA) is 124 Å². The third-order valence-corrected chi connectivity index (χ3v) is 9.29. The number of carbonyl (C=O) groups excluding carboxylic acids is 1. The molecule has 0 radical (unpaired) electrons. The summed E-state index contributed by atoms with van der Waals surface area (Å²) in [6.45, 7) is 1.81. The molecule has 0 spiro atoms. The predicted octanol–water partition coefficient (Wildman–Crippen LogP) is 4.95. The first-order valence-electron chi connectivity index (χ1n) is 13.9. The smallest absolute Gasteiger partial charge is 0.271 e. The van der Waals surface area contributed by atoms with Gasteiger partial charge in [0.25, 0.3) is 15.9 Å². The van der Waals surface area contributed by atoms with Crippen LogP contribution in [0.4, 0.5) is 19.0 Å². The fourth-order valence-corrected chi connectivity index (χ4v) is 6.77. The van der Waals surface area contributed by atoms with Crippen molar-refractivity contribution in [3.8, 4) is 11.3 Å². The molecule has 0 unspecified atom stereocenters. The van der Waals surface area contributed by atoms with Crippen molar-refractivity contribution in [2.75, 3.05) is 5.32 Å². The number of benzene rings is 1. The van der Waals surface area contributed by atoms with E-state index in [2.05, 4.69) is 25.6 Å². The zero-order chi connectivity index (χ0) is 31.2. The summed E-state index contributed by atoms with van der Waals surface area (Å²) in [5, 5.41) is 5.96. The maximum Gasteiger partial charge on any atom is 0.271 e. The summed E-state index contributed by atoms with van der Waals surface area (Å²) in [6.07, 6.45) is 7.66. The van der Waals surface area contributed by atoms with Crippen molar-refractivity contribution in [2.45, 2.75) is 49.6 Å². The van der Waals surface area contributed by atoms with Crippen LogP contribution in [0.1, 0.15) is 41.7 Å². The van der Waals surface area contributed by atoms with Gasteiger partial charge < -0.3 is 15.2 Å². The van der Waals surface area contributed by atoms with Gasteiger partial charge in [0, 0.05) is 48.5 Å². The van der Waals surface area contributed by atoms with Crippen LogP contribution in [0.25, 0.3) is 22.3 Å². The summed E-state index contributed by atoms with van der Waals surface area (Å²) in [6, 6.07) is 7.28. The van der Waals surface area contributed by atoms with Gasteiger partial charge >= 0.3 is 0 Å². The van der Waals surface area contributed by atoms with Gasteiger partial charge in [0.05, 0.1) is 17.4 Å². The van der Waals surface area contributed by atoms with Gasteiger partial charge in [0.1, 0.15) is 17.2 Å². The lowest BCUT2D eigenvalue weighted by Crippen LogP contribution is -2.42. The number of halogens is 3. The Morgan fingerprint density at radius 3 is 2.48 bits per heavy atom. The number of nitrogens with zero attached hydrogens (tertiary/aromatic N) is 5. The Labute approximate surface area is 251 Å². The van der Waals surface area contributed by atoms with Crippen LogP contribution in [-0.4, -0.2) is 49.9 Å². The molecule has 2 atom stereocenters. The standard InChI is InChI=1S/C30H28F3N7O3S/c1-17-6-8-21(9-7-17)44(42,43)40-14-23(22-10-18(31)13-34-29(22)40)27-24(32)12-25(33)28(38-27)36-19-4-3-5-20(11-19)37-30(41)26-15-39(2)16-35-26/h6-10,12-16,19-20H,3-5,11H2,1-2H3,(H,36,38)(H,37,41)/t19-,20+/m0/s1. The summed E-state index contributed by atoms with van der Waals surface area (Å²) >= 11 is 0. The van der Waals surface area contributed by atoms with Crippen molar-refractivity contribution in [2.24, 2.45) is 7.05 Å². The highest BCUT2D eigenvalue weighted by Crippen LogP contribution is 2.35. The van der Waals surface area contributed by atoms with Gasteiger partial charge in [0.15, 0.2) is 23.1 Å². The number of fused-ring (bicyclic) bond motifs is 1. The number of pyridine rings is 2. The molecule has 4 aromatic heterocycles. The highest BCUT2D eigenvalue weighted by atomic mass is 32.2. The van der Waals surface area contributed by atoms with E-state index in [1.807, 2.05) is 6.92 Å². The molecule has 2 N–H and O–H groups in total. The number of aromatic nitrogens is 5. The number of nitrogens with one attached hydrogen (secondary N) is 2. The molecule has 1 amide bonds. The lowest BCUT2D eigenvalue weighted by Gasteiger charge is -2.30. The van der Waals surface area contributed by atoms with E-state index in [9.17, 15) is 17.6 Å². The molecule has 1 saturated carbocycles. The van der Waals surface area contributed by atoms with Crippen LogP contribution in [0.3, 0.4) is 0 Å². The third-order valence-electron chi connectivity index (χ3n) is 7.63. The molecule has 228 valence electrons. The summed E-state index contributed by atoms with van der Waals surface area (Å²) < 4.78 is 74.3. The summed E-state index contributed by atoms with van der Waals surface area (Å²) in [4.78, 5) is 24.8. The van der Waals surface area contributed by atoms with E-state index in [0.29, 0.717) is 18.9 Å². The van der Waals surface area contributed by atoms with Crippen LogP contribution < -0.4 is 10.6 Å². The minimum Gasteiger partial charge on any atom is -0.365 e. The van der Waals surface area contributed by atoms with E-state index in [-0.39, 0.29) is 56.7 Å². The minimum absolute atomic E-state index is 0.0143. The molecular weight excluding hydrogens is 595 g/mol. The van der Waals surface area contributed by atoms with Crippen LogP contribution in [0, 0.1) is 24.4 Å². The normalized spacial score (nSPS) is 17.1. The highest BCUT2D eigenvalue weighted by molar-refractivity contribution is 7.90. The van der Waals surface area contributed by atoms with Crippen molar-refractivity contribution in [1.29, 1.82) is 0 Å². The Hall–Kier alpha value is -4.72. The zero-order valence-electron chi connectivity index (χ0n) is 23.8. The molecule has 0 saturated heterocycles. The lowest BCUT2D eigenvalue weighted by atomic mass is 9.91. The van der Waals surface area contributed by atoms with E-state index < -0.39 is 27.5 Å². The van der Waals surface area contributed by atoms with Crippen molar-refractivity contribution >= 4 is 32.8 Å². The molecule has 1 aliphatic carbocycles. The van der Waals surface area contributed by atoms with Crippen LogP contribution in [0.15, 0.2) is 66.2 Å².